The number of benzene rings is 1. The minimum Gasteiger partial charge on any atom is -0.378 e. The average molecular weight is 508 g/mol. The molecule has 4 heterocycles. The van der Waals surface area contributed by atoms with Crippen LogP contribution in [-0.4, -0.2) is 56.0 Å². The molecule has 1 N–H and O–H groups in total. The minimum atomic E-state index is -0.658. The van der Waals surface area contributed by atoms with Crippen molar-refractivity contribution in [2.24, 2.45) is 5.41 Å². The maximum absolute atomic E-state index is 11.7. The summed E-state index contributed by atoms with van der Waals surface area (Å²) in [7, 11) is 0. The van der Waals surface area contributed by atoms with Crippen molar-refractivity contribution in [1.82, 2.24) is 29.7 Å². The molecule has 3 aromatic heterocycles. The molecule has 3 aliphatic rings. The van der Waals surface area contributed by atoms with Gasteiger partial charge in [-0.05, 0) is 36.8 Å². The number of morpholine rings is 1. The van der Waals surface area contributed by atoms with Crippen molar-refractivity contribution < 1.29 is 9.26 Å². The number of rotatable bonds is 4. The van der Waals surface area contributed by atoms with Crippen LogP contribution in [0.1, 0.15) is 44.6 Å². The van der Waals surface area contributed by atoms with Gasteiger partial charge < -0.3 is 14.2 Å². The van der Waals surface area contributed by atoms with E-state index >= 15 is 0 Å². The van der Waals surface area contributed by atoms with Crippen molar-refractivity contribution in [2.45, 2.75) is 44.6 Å². The molecule has 1 aliphatic heterocycles. The van der Waals surface area contributed by atoms with Gasteiger partial charge in [-0.25, -0.2) is 14.8 Å². The number of aromatic nitrogens is 6. The molecule has 11 heteroatoms. The maximum Gasteiger partial charge on any atom is 0.439 e. The molecule has 1 saturated heterocycles. The third-order valence-electron chi connectivity index (χ3n) is 7.88. The molecular formula is C25H26ClN7O3. The van der Waals surface area contributed by atoms with Crippen molar-refractivity contribution in [3.05, 3.63) is 39.8 Å². The van der Waals surface area contributed by atoms with Gasteiger partial charge in [-0.2, -0.15) is 4.98 Å². The van der Waals surface area contributed by atoms with Crippen LogP contribution in [0.3, 0.4) is 0 Å². The number of nitrogens with one attached hydrogen (secondary N) is 1. The Kier molecular flexibility index (Phi) is 5.14. The Labute approximate surface area is 211 Å². The van der Waals surface area contributed by atoms with Gasteiger partial charge >= 0.3 is 5.76 Å². The Bertz CT molecular complexity index is 1500. The van der Waals surface area contributed by atoms with Crippen LogP contribution in [0.15, 0.2) is 33.6 Å². The molecule has 1 unspecified atom stereocenters. The van der Waals surface area contributed by atoms with Gasteiger partial charge in [-0.1, -0.05) is 48.2 Å². The van der Waals surface area contributed by atoms with E-state index in [4.69, 9.17) is 35.8 Å². The molecule has 0 amide bonds. The lowest BCUT2D eigenvalue weighted by Gasteiger charge is -2.30. The summed E-state index contributed by atoms with van der Waals surface area (Å²) in [4.78, 5) is 31.3. The second-order valence-corrected chi connectivity index (χ2v) is 10.5. The van der Waals surface area contributed by atoms with Gasteiger partial charge in [0.05, 0.1) is 13.2 Å². The molecule has 0 radical (unpaired) electrons. The molecule has 1 spiro atoms. The molecule has 4 aromatic rings. The SMILES string of the molecule is O=c1[nH]c(-c2nc(-c3cccc(Cl)c3)c3c(n2)nc(N2CCOCC2)n3C2CC23CCCCC3)no1. The summed E-state index contributed by atoms with van der Waals surface area (Å²) in [5.41, 5.74) is 3.34. The fraction of sp³-hybridized carbons (Fsp3) is 0.480. The van der Waals surface area contributed by atoms with Crippen molar-refractivity contribution in [3.63, 3.8) is 0 Å². The summed E-state index contributed by atoms with van der Waals surface area (Å²) >= 11 is 6.40. The molecule has 7 rings (SSSR count). The number of ether oxygens (including phenoxy) is 1. The number of nitrogens with zero attached hydrogens (tertiary/aromatic N) is 6. The zero-order chi connectivity index (χ0) is 24.3. The Hall–Kier alpha value is -3.24. The molecule has 1 atom stereocenters. The lowest BCUT2D eigenvalue weighted by molar-refractivity contribution is 0.121. The molecule has 36 heavy (non-hydrogen) atoms. The fourth-order valence-corrected chi connectivity index (χ4v) is 6.22. The van der Waals surface area contributed by atoms with Gasteiger partial charge in [0.2, 0.25) is 17.6 Å². The Balaban J connectivity index is 1.49. The summed E-state index contributed by atoms with van der Waals surface area (Å²) in [6, 6.07) is 7.98. The van der Waals surface area contributed by atoms with Crippen molar-refractivity contribution in [1.29, 1.82) is 0 Å². The fourth-order valence-electron chi connectivity index (χ4n) is 6.03. The summed E-state index contributed by atoms with van der Waals surface area (Å²) in [5.74, 6) is 0.673. The first-order chi connectivity index (χ1) is 17.6. The Morgan fingerprint density at radius 1 is 1.08 bits per heavy atom. The second-order valence-electron chi connectivity index (χ2n) is 10.0. The van der Waals surface area contributed by atoms with Crippen LogP contribution in [0.2, 0.25) is 5.02 Å². The van der Waals surface area contributed by atoms with Crippen LogP contribution in [-0.2, 0) is 4.74 Å². The van der Waals surface area contributed by atoms with E-state index in [2.05, 4.69) is 19.6 Å². The van der Waals surface area contributed by atoms with Gasteiger partial charge in [0.15, 0.2) is 5.65 Å². The average Bonchev–Trinajstić information content (AvgIpc) is 3.22. The highest BCUT2D eigenvalue weighted by Crippen LogP contribution is 2.65. The number of anilines is 1. The van der Waals surface area contributed by atoms with Crippen LogP contribution < -0.4 is 10.7 Å². The third kappa shape index (κ3) is 3.62. The lowest BCUT2D eigenvalue weighted by Crippen LogP contribution is -2.38. The van der Waals surface area contributed by atoms with Gasteiger partial charge in [0, 0.05) is 29.7 Å². The predicted molar refractivity (Wildman–Crippen MR) is 134 cm³/mol. The minimum absolute atomic E-state index is 0.169. The number of halogens is 1. The molecule has 2 saturated carbocycles. The van der Waals surface area contributed by atoms with E-state index in [-0.39, 0.29) is 11.6 Å². The Morgan fingerprint density at radius 2 is 1.92 bits per heavy atom. The highest BCUT2D eigenvalue weighted by Gasteiger charge is 2.56. The van der Waals surface area contributed by atoms with E-state index in [0.717, 1.165) is 36.5 Å². The quantitative estimate of drug-likeness (QED) is 0.436. The summed E-state index contributed by atoms with van der Waals surface area (Å²) in [5, 5.41) is 4.44. The van der Waals surface area contributed by atoms with Gasteiger partial charge in [0.25, 0.3) is 0 Å². The largest absolute Gasteiger partial charge is 0.439 e. The van der Waals surface area contributed by atoms with Crippen LogP contribution in [0.4, 0.5) is 5.95 Å². The lowest BCUT2D eigenvalue weighted by atomic mass is 9.85. The first-order valence-corrected chi connectivity index (χ1v) is 12.9. The smallest absolute Gasteiger partial charge is 0.378 e. The van der Waals surface area contributed by atoms with E-state index in [1.54, 1.807) is 0 Å². The van der Waals surface area contributed by atoms with Gasteiger partial charge in [-0.15, -0.1) is 0 Å². The third-order valence-corrected chi connectivity index (χ3v) is 8.11. The highest BCUT2D eigenvalue weighted by atomic mass is 35.5. The maximum atomic E-state index is 11.7. The van der Waals surface area contributed by atoms with Crippen LogP contribution >= 0.6 is 11.6 Å². The second kappa shape index (κ2) is 8.41. The number of hydrogen-bond acceptors (Lipinski definition) is 8. The number of hydrogen-bond donors (Lipinski definition) is 1. The van der Waals surface area contributed by atoms with Crippen LogP contribution in [0, 0.1) is 5.41 Å². The van der Waals surface area contributed by atoms with E-state index in [9.17, 15) is 4.79 Å². The number of aromatic amines is 1. The topological polar surface area (TPSA) is 115 Å². The standard InChI is InChI=1S/C25H26ClN7O3/c26-16-6-4-5-15(13-16)18-19-20(28-21(27-18)22-30-24(34)36-31-22)29-23(32-9-11-35-12-10-32)33(19)17-14-25(17)7-2-1-3-8-25/h4-6,13,17H,1-3,7-12,14H2,(H,30,31,34). The summed E-state index contributed by atoms with van der Waals surface area (Å²) in [6.45, 7) is 2.87. The summed E-state index contributed by atoms with van der Waals surface area (Å²) < 4.78 is 12.8. The van der Waals surface area contributed by atoms with Gasteiger partial charge in [-0.3, -0.25) is 9.51 Å². The number of imidazole rings is 1. The Morgan fingerprint density at radius 3 is 2.67 bits per heavy atom. The van der Waals surface area contributed by atoms with Crippen molar-refractivity contribution in [3.8, 4) is 22.9 Å². The number of H-pyrrole nitrogens is 1. The van der Waals surface area contributed by atoms with Crippen LogP contribution in [0.5, 0.6) is 0 Å². The van der Waals surface area contributed by atoms with E-state index in [1.165, 1.54) is 32.1 Å². The van der Waals surface area contributed by atoms with Crippen molar-refractivity contribution in [2.75, 3.05) is 31.2 Å². The predicted octanol–water partition coefficient (Wildman–Crippen LogP) is 4.22. The van der Waals surface area contributed by atoms with E-state index in [0.29, 0.717) is 41.0 Å². The monoisotopic (exact) mass is 507 g/mol. The first kappa shape index (κ1) is 22.0. The highest BCUT2D eigenvalue weighted by molar-refractivity contribution is 6.30. The van der Waals surface area contributed by atoms with Crippen LogP contribution in [0.25, 0.3) is 34.1 Å². The normalized spacial score (nSPS) is 21.4. The first-order valence-electron chi connectivity index (χ1n) is 12.6. The molecule has 3 fully saturated rings. The number of fused-ring (bicyclic) bond motifs is 1. The molecule has 10 nitrogen and oxygen atoms in total. The zero-order valence-corrected chi connectivity index (χ0v) is 20.5. The van der Waals surface area contributed by atoms with Crippen molar-refractivity contribution >= 4 is 28.7 Å². The zero-order valence-electron chi connectivity index (χ0n) is 19.7. The van der Waals surface area contributed by atoms with Gasteiger partial charge in [0.1, 0.15) is 11.2 Å². The molecule has 2 aliphatic carbocycles. The van der Waals surface area contributed by atoms with E-state index in [1.807, 2.05) is 24.3 Å². The van der Waals surface area contributed by atoms with E-state index < -0.39 is 5.76 Å². The summed E-state index contributed by atoms with van der Waals surface area (Å²) in [6.07, 6.45) is 7.49. The molecule has 186 valence electrons. The molecule has 1 aromatic carbocycles. The molecular weight excluding hydrogens is 482 g/mol. The molecule has 0 bridgehead atoms.